The van der Waals surface area contributed by atoms with Crippen molar-refractivity contribution < 1.29 is 9.52 Å². The van der Waals surface area contributed by atoms with E-state index in [1.54, 1.807) is 6.07 Å². The zero-order valence-electron chi connectivity index (χ0n) is 10.6. The molecule has 0 spiro atoms. The van der Waals surface area contributed by atoms with Crippen LogP contribution in [0.1, 0.15) is 19.4 Å². The van der Waals surface area contributed by atoms with Crippen molar-refractivity contribution in [3.05, 3.63) is 40.2 Å². The van der Waals surface area contributed by atoms with Crippen LogP contribution < -0.4 is 5.63 Å². The van der Waals surface area contributed by atoms with Crippen molar-refractivity contribution in [2.45, 2.75) is 20.4 Å². The molecule has 2 rings (SSSR count). The largest absolute Gasteiger partial charge is 0.502 e. The van der Waals surface area contributed by atoms with Crippen molar-refractivity contribution >= 4 is 11.0 Å². The second kappa shape index (κ2) is 5.23. The minimum Gasteiger partial charge on any atom is -0.502 e. The highest BCUT2D eigenvalue weighted by Gasteiger charge is 2.15. The molecular weight excluding hydrogens is 230 g/mol. The first-order valence-electron chi connectivity index (χ1n) is 6.13. The third kappa shape index (κ3) is 2.24. The molecule has 1 aromatic heterocycles. The first-order chi connectivity index (χ1) is 8.67. The molecule has 0 aliphatic heterocycles. The van der Waals surface area contributed by atoms with Gasteiger partial charge in [-0.3, -0.25) is 4.90 Å². The predicted octanol–water partition coefficient (Wildman–Crippen LogP) is 2.34. The number of fused-ring (bicyclic) bond motifs is 1. The van der Waals surface area contributed by atoms with E-state index in [1.165, 1.54) is 0 Å². The SMILES string of the molecule is CCN(CC)Cc1c(O)c(=O)oc2ccccc12. The molecule has 0 saturated heterocycles. The number of para-hydroxylation sites is 1. The fourth-order valence-corrected chi connectivity index (χ4v) is 2.03. The molecule has 2 aromatic rings. The summed E-state index contributed by atoms with van der Waals surface area (Å²) in [7, 11) is 0. The third-order valence-corrected chi connectivity index (χ3v) is 3.17. The minimum absolute atomic E-state index is 0.277. The number of benzene rings is 1. The van der Waals surface area contributed by atoms with Crippen LogP contribution >= 0.6 is 0 Å². The Hall–Kier alpha value is -1.81. The van der Waals surface area contributed by atoms with Crippen molar-refractivity contribution in [3.8, 4) is 5.75 Å². The Morgan fingerprint density at radius 1 is 1.22 bits per heavy atom. The summed E-state index contributed by atoms with van der Waals surface area (Å²) in [6, 6.07) is 7.27. The van der Waals surface area contributed by atoms with Gasteiger partial charge in [-0.1, -0.05) is 32.0 Å². The fraction of sp³-hybridized carbons (Fsp3) is 0.357. The Morgan fingerprint density at radius 3 is 2.56 bits per heavy atom. The van der Waals surface area contributed by atoms with Gasteiger partial charge in [-0.25, -0.2) is 4.79 Å². The molecule has 1 aromatic carbocycles. The lowest BCUT2D eigenvalue weighted by molar-refractivity contribution is 0.289. The first kappa shape index (κ1) is 12.6. The van der Waals surface area contributed by atoms with E-state index in [0.29, 0.717) is 17.7 Å². The highest BCUT2D eigenvalue weighted by atomic mass is 16.4. The van der Waals surface area contributed by atoms with Crippen LogP contribution in [0.25, 0.3) is 11.0 Å². The zero-order chi connectivity index (χ0) is 13.1. The number of nitrogens with zero attached hydrogens (tertiary/aromatic N) is 1. The van der Waals surface area contributed by atoms with Crippen molar-refractivity contribution in [1.29, 1.82) is 0 Å². The van der Waals surface area contributed by atoms with Crippen molar-refractivity contribution in [3.63, 3.8) is 0 Å². The minimum atomic E-state index is -0.671. The van der Waals surface area contributed by atoms with Gasteiger partial charge in [0.2, 0.25) is 5.75 Å². The summed E-state index contributed by atoms with van der Waals surface area (Å²) in [5.41, 5.74) is 0.490. The van der Waals surface area contributed by atoms with Crippen molar-refractivity contribution in [2.24, 2.45) is 0 Å². The molecule has 96 valence electrons. The number of hydrogen-bond donors (Lipinski definition) is 1. The van der Waals surface area contributed by atoms with E-state index in [-0.39, 0.29) is 5.75 Å². The van der Waals surface area contributed by atoms with E-state index < -0.39 is 5.63 Å². The van der Waals surface area contributed by atoms with Gasteiger partial charge in [0.25, 0.3) is 0 Å². The summed E-state index contributed by atoms with van der Waals surface area (Å²) in [6.45, 7) is 6.38. The molecule has 18 heavy (non-hydrogen) atoms. The molecule has 0 atom stereocenters. The molecule has 1 heterocycles. The molecule has 0 aliphatic rings. The van der Waals surface area contributed by atoms with Gasteiger partial charge in [0.1, 0.15) is 5.58 Å². The van der Waals surface area contributed by atoms with Crippen LogP contribution in [0.5, 0.6) is 5.75 Å². The molecule has 1 N–H and O–H groups in total. The maximum absolute atomic E-state index is 11.6. The summed E-state index contributed by atoms with van der Waals surface area (Å²) < 4.78 is 5.06. The molecular formula is C14H17NO3. The Kier molecular flexibility index (Phi) is 3.67. The maximum Gasteiger partial charge on any atom is 0.379 e. The monoisotopic (exact) mass is 247 g/mol. The lowest BCUT2D eigenvalue weighted by atomic mass is 10.1. The molecule has 0 saturated carbocycles. The van der Waals surface area contributed by atoms with Crippen LogP contribution in [0.2, 0.25) is 0 Å². The Bertz CT molecular complexity index is 600. The average Bonchev–Trinajstić information content (AvgIpc) is 2.40. The van der Waals surface area contributed by atoms with Gasteiger partial charge >= 0.3 is 5.63 Å². The van der Waals surface area contributed by atoms with Gasteiger partial charge in [0.15, 0.2) is 0 Å². The second-order valence-electron chi connectivity index (χ2n) is 4.17. The van der Waals surface area contributed by atoms with Crippen molar-refractivity contribution in [2.75, 3.05) is 13.1 Å². The normalized spacial score (nSPS) is 11.3. The zero-order valence-corrected chi connectivity index (χ0v) is 10.6. The van der Waals surface area contributed by atoms with Crippen molar-refractivity contribution in [1.82, 2.24) is 4.90 Å². The van der Waals surface area contributed by atoms with Gasteiger partial charge in [-0.05, 0) is 19.2 Å². The number of hydrogen-bond acceptors (Lipinski definition) is 4. The van der Waals surface area contributed by atoms with E-state index in [1.807, 2.05) is 32.0 Å². The maximum atomic E-state index is 11.6. The Labute approximate surface area is 105 Å². The van der Waals surface area contributed by atoms with Gasteiger partial charge < -0.3 is 9.52 Å². The van der Waals surface area contributed by atoms with E-state index >= 15 is 0 Å². The molecule has 0 bridgehead atoms. The van der Waals surface area contributed by atoms with Crippen LogP contribution in [-0.4, -0.2) is 23.1 Å². The predicted molar refractivity (Wildman–Crippen MR) is 70.8 cm³/mol. The van der Waals surface area contributed by atoms with Gasteiger partial charge in [-0.15, -0.1) is 0 Å². The molecule has 4 nitrogen and oxygen atoms in total. The molecule has 0 unspecified atom stereocenters. The lowest BCUT2D eigenvalue weighted by Gasteiger charge is -2.19. The summed E-state index contributed by atoms with van der Waals surface area (Å²) in [5, 5.41) is 10.7. The highest BCUT2D eigenvalue weighted by Crippen LogP contribution is 2.24. The topological polar surface area (TPSA) is 53.7 Å². The van der Waals surface area contributed by atoms with E-state index in [2.05, 4.69) is 4.90 Å². The summed E-state index contributed by atoms with van der Waals surface area (Å²) in [6.07, 6.45) is 0. The summed E-state index contributed by atoms with van der Waals surface area (Å²) in [5.74, 6) is -0.277. The van der Waals surface area contributed by atoms with Gasteiger partial charge in [-0.2, -0.15) is 0 Å². The smallest absolute Gasteiger partial charge is 0.379 e. The lowest BCUT2D eigenvalue weighted by Crippen LogP contribution is -2.23. The summed E-state index contributed by atoms with van der Waals surface area (Å²) in [4.78, 5) is 13.7. The van der Waals surface area contributed by atoms with Crippen LogP contribution in [0.15, 0.2) is 33.5 Å². The first-order valence-corrected chi connectivity index (χ1v) is 6.13. The molecule has 0 aliphatic carbocycles. The van der Waals surface area contributed by atoms with Crippen LogP contribution in [0.4, 0.5) is 0 Å². The molecule has 0 fully saturated rings. The van der Waals surface area contributed by atoms with Gasteiger partial charge in [0.05, 0.1) is 0 Å². The van der Waals surface area contributed by atoms with E-state index in [4.69, 9.17) is 4.42 Å². The summed E-state index contributed by atoms with van der Waals surface area (Å²) >= 11 is 0. The highest BCUT2D eigenvalue weighted by molar-refractivity contribution is 5.81. The second-order valence-corrected chi connectivity index (χ2v) is 4.17. The average molecular weight is 247 g/mol. The van der Waals surface area contributed by atoms with Crippen LogP contribution in [0, 0.1) is 0 Å². The third-order valence-electron chi connectivity index (χ3n) is 3.17. The van der Waals surface area contributed by atoms with Crippen LogP contribution in [-0.2, 0) is 6.54 Å². The molecule has 0 radical (unpaired) electrons. The van der Waals surface area contributed by atoms with E-state index in [0.717, 1.165) is 18.5 Å². The molecule has 4 heteroatoms. The fourth-order valence-electron chi connectivity index (χ4n) is 2.03. The number of aromatic hydroxyl groups is 1. The number of rotatable bonds is 4. The standard InChI is InChI=1S/C14H17NO3/c1-3-15(4-2)9-11-10-7-5-6-8-12(10)18-14(17)13(11)16/h5-8,16H,3-4,9H2,1-2H3. The van der Waals surface area contributed by atoms with Crippen LogP contribution in [0.3, 0.4) is 0 Å². The quantitative estimate of drug-likeness (QED) is 0.842. The van der Waals surface area contributed by atoms with Gasteiger partial charge in [0, 0.05) is 17.5 Å². The molecule has 0 amide bonds. The Balaban J connectivity index is 2.60. The Morgan fingerprint density at radius 2 is 1.89 bits per heavy atom. The van der Waals surface area contributed by atoms with E-state index in [9.17, 15) is 9.90 Å².